The molecule has 0 radical (unpaired) electrons. The van der Waals surface area contributed by atoms with E-state index in [0.29, 0.717) is 18.1 Å². The second-order valence-corrected chi connectivity index (χ2v) is 4.56. The molecule has 0 heterocycles. The Morgan fingerprint density at radius 2 is 2.00 bits per heavy atom. The van der Waals surface area contributed by atoms with Crippen molar-refractivity contribution in [2.24, 2.45) is 5.92 Å². The molecule has 1 aromatic carbocycles. The number of carbonyl (C=O) groups excluding carboxylic acids is 1. The third kappa shape index (κ3) is 2.63. The normalized spacial score (nSPS) is 16.3. The molecule has 0 atom stereocenters. The van der Waals surface area contributed by atoms with Gasteiger partial charge >= 0.3 is 5.97 Å². The smallest absolute Gasteiger partial charge is 0.338 e. The van der Waals surface area contributed by atoms with Gasteiger partial charge in [0.2, 0.25) is 0 Å². The van der Waals surface area contributed by atoms with Crippen LogP contribution in [-0.4, -0.2) is 12.6 Å². The summed E-state index contributed by atoms with van der Waals surface area (Å²) in [6.45, 7) is 2.53. The van der Waals surface area contributed by atoms with Gasteiger partial charge in [-0.15, -0.1) is 0 Å². The summed E-state index contributed by atoms with van der Waals surface area (Å²) in [7, 11) is 0. The molecule has 1 aromatic rings. The van der Waals surface area contributed by atoms with E-state index in [9.17, 15) is 4.79 Å². The number of aryl methyl sites for hydroxylation is 1. The van der Waals surface area contributed by atoms with E-state index in [1.807, 2.05) is 31.2 Å². The second-order valence-electron chi connectivity index (χ2n) is 4.56. The molecule has 1 aliphatic carbocycles. The van der Waals surface area contributed by atoms with Crippen molar-refractivity contribution in [3.8, 4) is 0 Å². The van der Waals surface area contributed by atoms with Gasteiger partial charge in [0.15, 0.2) is 0 Å². The molecule has 0 aromatic heterocycles. The number of esters is 1. The molecule has 0 bridgehead atoms. The summed E-state index contributed by atoms with van der Waals surface area (Å²) >= 11 is 0. The van der Waals surface area contributed by atoms with Crippen LogP contribution in [0.15, 0.2) is 24.3 Å². The van der Waals surface area contributed by atoms with Crippen molar-refractivity contribution in [2.45, 2.75) is 32.6 Å². The van der Waals surface area contributed by atoms with Gasteiger partial charge in [0.25, 0.3) is 0 Å². The van der Waals surface area contributed by atoms with Crippen molar-refractivity contribution >= 4 is 5.97 Å². The average molecular weight is 218 g/mol. The molecule has 1 fully saturated rings. The van der Waals surface area contributed by atoms with E-state index in [2.05, 4.69) is 0 Å². The van der Waals surface area contributed by atoms with Gasteiger partial charge in [0.1, 0.15) is 0 Å². The summed E-state index contributed by atoms with van der Waals surface area (Å²) < 4.78 is 5.35. The van der Waals surface area contributed by atoms with E-state index in [-0.39, 0.29) is 5.97 Å². The van der Waals surface area contributed by atoms with Crippen molar-refractivity contribution in [1.82, 2.24) is 0 Å². The molecular weight excluding hydrogens is 200 g/mol. The van der Waals surface area contributed by atoms with Crippen molar-refractivity contribution in [1.29, 1.82) is 0 Å². The molecule has 1 aliphatic rings. The van der Waals surface area contributed by atoms with Crippen molar-refractivity contribution in [3.05, 3.63) is 35.4 Å². The Hall–Kier alpha value is -1.31. The summed E-state index contributed by atoms with van der Waals surface area (Å²) in [6, 6.07) is 7.57. The van der Waals surface area contributed by atoms with Crippen LogP contribution in [0, 0.1) is 12.8 Å². The standard InChI is InChI=1S/C14H18O2/c1-11-6-2-5-9-13(11)14(15)16-10-12-7-3-4-8-12/h2,5-6,9,12H,3-4,7-8,10H2,1H3. The van der Waals surface area contributed by atoms with E-state index in [0.717, 1.165) is 5.56 Å². The Morgan fingerprint density at radius 3 is 2.69 bits per heavy atom. The van der Waals surface area contributed by atoms with Crippen molar-refractivity contribution in [3.63, 3.8) is 0 Å². The topological polar surface area (TPSA) is 26.3 Å². The highest BCUT2D eigenvalue weighted by atomic mass is 16.5. The van der Waals surface area contributed by atoms with Crippen LogP contribution in [-0.2, 0) is 4.74 Å². The number of hydrogen-bond donors (Lipinski definition) is 0. The van der Waals surface area contributed by atoms with E-state index in [4.69, 9.17) is 4.74 Å². The highest BCUT2D eigenvalue weighted by molar-refractivity contribution is 5.90. The lowest BCUT2D eigenvalue weighted by Crippen LogP contribution is -2.12. The maximum atomic E-state index is 11.8. The monoisotopic (exact) mass is 218 g/mol. The lowest BCUT2D eigenvalue weighted by molar-refractivity contribution is 0.0441. The molecule has 0 N–H and O–H groups in total. The number of ether oxygens (including phenoxy) is 1. The predicted molar refractivity (Wildman–Crippen MR) is 63.4 cm³/mol. The molecule has 2 rings (SSSR count). The first kappa shape index (κ1) is 11.2. The molecule has 1 saturated carbocycles. The van der Waals surface area contributed by atoms with E-state index in [1.54, 1.807) is 0 Å². The Labute approximate surface area is 96.6 Å². The molecule has 0 spiro atoms. The largest absolute Gasteiger partial charge is 0.462 e. The first-order valence-electron chi connectivity index (χ1n) is 6.00. The fourth-order valence-corrected chi connectivity index (χ4v) is 2.25. The Kier molecular flexibility index (Phi) is 3.60. The van der Waals surface area contributed by atoms with Crippen LogP contribution >= 0.6 is 0 Å². The number of hydrogen-bond acceptors (Lipinski definition) is 2. The maximum absolute atomic E-state index is 11.8. The van der Waals surface area contributed by atoms with Gasteiger partial charge in [-0.1, -0.05) is 31.0 Å². The number of carbonyl (C=O) groups is 1. The lowest BCUT2D eigenvalue weighted by Gasteiger charge is -2.10. The molecule has 86 valence electrons. The molecule has 0 amide bonds. The van der Waals surface area contributed by atoms with Gasteiger partial charge in [0, 0.05) is 0 Å². The SMILES string of the molecule is Cc1ccccc1C(=O)OCC1CCCC1. The minimum Gasteiger partial charge on any atom is -0.462 e. The minimum absolute atomic E-state index is 0.176. The molecule has 16 heavy (non-hydrogen) atoms. The molecule has 2 heteroatoms. The van der Waals surface area contributed by atoms with Crippen LogP contribution in [0.2, 0.25) is 0 Å². The van der Waals surface area contributed by atoms with Crippen molar-refractivity contribution < 1.29 is 9.53 Å². The van der Waals surface area contributed by atoms with E-state index >= 15 is 0 Å². The zero-order valence-electron chi connectivity index (χ0n) is 9.74. The van der Waals surface area contributed by atoms with Gasteiger partial charge in [-0.25, -0.2) is 4.79 Å². The van der Waals surface area contributed by atoms with Crippen LogP contribution in [0.4, 0.5) is 0 Å². The molecule has 0 saturated heterocycles. The summed E-state index contributed by atoms with van der Waals surface area (Å²) in [6.07, 6.45) is 4.99. The highest BCUT2D eigenvalue weighted by Crippen LogP contribution is 2.25. The van der Waals surface area contributed by atoms with Crippen LogP contribution in [0.1, 0.15) is 41.6 Å². The fourth-order valence-electron chi connectivity index (χ4n) is 2.25. The summed E-state index contributed by atoms with van der Waals surface area (Å²) in [5.41, 5.74) is 1.68. The first-order chi connectivity index (χ1) is 7.77. The minimum atomic E-state index is -0.176. The van der Waals surface area contributed by atoms with Crippen LogP contribution < -0.4 is 0 Å². The average Bonchev–Trinajstić information content (AvgIpc) is 2.79. The second kappa shape index (κ2) is 5.15. The zero-order chi connectivity index (χ0) is 11.4. The van der Waals surface area contributed by atoms with Crippen LogP contribution in [0.3, 0.4) is 0 Å². The Morgan fingerprint density at radius 1 is 1.31 bits per heavy atom. The van der Waals surface area contributed by atoms with Gasteiger partial charge in [-0.05, 0) is 37.3 Å². The summed E-state index contributed by atoms with van der Waals surface area (Å²) in [5.74, 6) is 0.415. The summed E-state index contributed by atoms with van der Waals surface area (Å²) in [5, 5.41) is 0. The molecule has 2 nitrogen and oxygen atoms in total. The molecular formula is C14H18O2. The third-order valence-corrected chi connectivity index (χ3v) is 3.29. The Balaban J connectivity index is 1.90. The third-order valence-electron chi connectivity index (χ3n) is 3.29. The van der Waals surface area contributed by atoms with Crippen LogP contribution in [0.5, 0.6) is 0 Å². The van der Waals surface area contributed by atoms with E-state index < -0.39 is 0 Å². The molecule has 0 unspecified atom stereocenters. The molecule has 0 aliphatic heterocycles. The zero-order valence-corrected chi connectivity index (χ0v) is 9.74. The van der Waals surface area contributed by atoms with Crippen LogP contribution in [0.25, 0.3) is 0 Å². The summed E-state index contributed by atoms with van der Waals surface area (Å²) in [4.78, 5) is 11.8. The fraction of sp³-hybridized carbons (Fsp3) is 0.500. The number of rotatable bonds is 3. The van der Waals surface area contributed by atoms with Crippen molar-refractivity contribution in [2.75, 3.05) is 6.61 Å². The van der Waals surface area contributed by atoms with E-state index in [1.165, 1.54) is 25.7 Å². The van der Waals surface area contributed by atoms with Gasteiger partial charge < -0.3 is 4.74 Å². The lowest BCUT2D eigenvalue weighted by atomic mass is 10.1. The first-order valence-corrected chi connectivity index (χ1v) is 6.00. The maximum Gasteiger partial charge on any atom is 0.338 e. The van der Waals surface area contributed by atoms with Gasteiger partial charge in [0.05, 0.1) is 12.2 Å². The van der Waals surface area contributed by atoms with Gasteiger partial charge in [-0.2, -0.15) is 0 Å². The quantitative estimate of drug-likeness (QED) is 0.727. The van der Waals surface area contributed by atoms with Gasteiger partial charge in [-0.3, -0.25) is 0 Å². The Bertz CT molecular complexity index is 365. The predicted octanol–water partition coefficient (Wildman–Crippen LogP) is 3.34. The number of benzene rings is 1. The highest BCUT2D eigenvalue weighted by Gasteiger charge is 2.17.